The van der Waals surface area contributed by atoms with Gasteiger partial charge in [0.05, 0.1) is 26.8 Å². The van der Waals surface area contributed by atoms with Crippen molar-refractivity contribution in [3.05, 3.63) is 67.7 Å². The van der Waals surface area contributed by atoms with E-state index in [1.165, 1.54) is 18.2 Å². The highest BCUT2D eigenvalue weighted by Crippen LogP contribution is 2.25. The van der Waals surface area contributed by atoms with Crippen LogP contribution in [0.4, 0.5) is 11.4 Å². The lowest BCUT2D eigenvalue weighted by atomic mass is 10.1. The van der Waals surface area contributed by atoms with Gasteiger partial charge in [-0.1, -0.05) is 23.2 Å². The van der Waals surface area contributed by atoms with E-state index >= 15 is 0 Å². The molecule has 7 nitrogen and oxygen atoms in total. The zero-order chi connectivity index (χ0) is 17.1. The van der Waals surface area contributed by atoms with E-state index in [9.17, 15) is 19.7 Å². The second-order valence-corrected chi connectivity index (χ2v) is 5.21. The first-order chi connectivity index (χ1) is 10.8. The van der Waals surface area contributed by atoms with Crippen LogP contribution in [-0.2, 0) is 0 Å². The highest BCUT2D eigenvalue weighted by Gasteiger charge is 2.19. The summed E-state index contributed by atoms with van der Waals surface area (Å²) in [5.74, 6) is -2.07. The molecule has 0 spiro atoms. The van der Waals surface area contributed by atoms with Gasteiger partial charge in [-0.3, -0.25) is 14.9 Å². The van der Waals surface area contributed by atoms with E-state index in [0.717, 1.165) is 18.2 Å². The van der Waals surface area contributed by atoms with Crippen LogP contribution in [0.2, 0.25) is 10.0 Å². The molecule has 118 valence electrons. The van der Waals surface area contributed by atoms with Crippen LogP contribution in [0.5, 0.6) is 0 Å². The molecule has 0 aliphatic carbocycles. The van der Waals surface area contributed by atoms with Gasteiger partial charge in [-0.25, -0.2) is 4.79 Å². The number of aromatic carboxylic acids is 1. The molecule has 1 amide bonds. The molecular weight excluding hydrogens is 347 g/mol. The number of hydrogen-bond donors (Lipinski definition) is 2. The molecule has 0 aromatic heterocycles. The van der Waals surface area contributed by atoms with Gasteiger partial charge >= 0.3 is 5.97 Å². The molecular formula is C14H8Cl2N2O5. The molecule has 0 fully saturated rings. The van der Waals surface area contributed by atoms with Crippen LogP contribution in [0.25, 0.3) is 0 Å². The van der Waals surface area contributed by atoms with Crippen molar-refractivity contribution in [1.29, 1.82) is 0 Å². The van der Waals surface area contributed by atoms with Gasteiger partial charge in [0.25, 0.3) is 11.6 Å². The number of hydrogen-bond acceptors (Lipinski definition) is 4. The van der Waals surface area contributed by atoms with Crippen LogP contribution in [-0.4, -0.2) is 21.9 Å². The Balaban J connectivity index is 2.37. The quantitative estimate of drug-likeness (QED) is 0.639. The van der Waals surface area contributed by atoms with Gasteiger partial charge in [-0.15, -0.1) is 0 Å². The summed E-state index contributed by atoms with van der Waals surface area (Å²) in [5, 5.41) is 22.6. The highest BCUT2D eigenvalue weighted by molar-refractivity contribution is 6.37. The molecule has 0 atom stereocenters. The van der Waals surface area contributed by atoms with Gasteiger partial charge < -0.3 is 10.4 Å². The third kappa shape index (κ3) is 3.77. The predicted molar refractivity (Wildman–Crippen MR) is 84.5 cm³/mol. The molecule has 0 radical (unpaired) electrons. The van der Waals surface area contributed by atoms with Crippen LogP contribution in [0, 0.1) is 10.1 Å². The molecule has 23 heavy (non-hydrogen) atoms. The van der Waals surface area contributed by atoms with Crippen LogP contribution in [0.3, 0.4) is 0 Å². The van der Waals surface area contributed by atoms with Crippen molar-refractivity contribution in [3.8, 4) is 0 Å². The van der Waals surface area contributed by atoms with E-state index in [-0.39, 0.29) is 16.3 Å². The molecule has 0 saturated heterocycles. The van der Waals surface area contributed by atoms with Gasteiger partial charge in [-0.05, 0) is 24.3 Å². The fourth-order valence-electron chi connectivity index (χ4n) is 1.80. The Hall–Kier alpha value is -2.64. The van der Waals surface area contributed by atoms with E-state index in [2.05, 4.69) is 5.32 Å². The molecule has 0 unspecified atom stereocenters. The van der Waals surface area contributed by atoms with E-state index in [1.54, 1.807) is 0 Å². The third-order valence-corrected chi connectivity index (χ3v) is 3.42. The number of nitro groups is 1. The lowest BCUT2D eigenvalue weighted by Crippen LogP contribution is -2.15. The van der Waals surface area contributed by atoms with Gasteiger partial charge in [0.1, 0.15) is 0 Å². The molecule has 0 aliphatic rings. The van der Waals surface area contributed by atoms with E-state index in [4.69, 9.17) is 28.3 Å². The lowest BCUT2D eigenvalue weighted by Gasteiger charge is -2.09. The highest BCUT2D eigenvalue weighted by atomic mass is 35.5. The number of nitrogens with one attached hydrogen (secondary N) is 1. The van der Waals surface area contributed by atoms with Crippen LogP contribution >= 0.6 is 23.2 Å². The largest absolute Gasteiger partial charge is 0.478 e. The number of carbonyl (C=O) groups is 2. The second kappa shape index (κ2) is 6.64. The summed E-state index contributed by atoms with van der Waals surface area (Å²) in [6, 6.07) is 7.30. The van der Waals surface area contributed by atoms with Crippen LogP contribution in [0.15, 0.2) is 36.4 Å². The Labute approximate surface area is 139 Å². The maximum atomic E-state index is 12.2. The lowest BCUT2D eigenvalue weighted by molar-refractivity contribution is -0.384. The zero-order valence-electron chi connectivity index (χ0n) is 11.2. The maximum absolute atomic E-state index is 12.2. The number of nitro benzene ring substituents is 1. The minimum Gasteiger partial charge on any atom is -0.478 e. The fraction of sp³-hybridized carbons (Fsp3) is 0. The van der Waals surface area contributed by atoms with Gasteiger partial charge in [0.2, 0.25) is 0 Å². The van der Waals surface area contributed by atoms with Crippen molar-refractivity contribution in [1.82, 2.24) is 0 Å². The second-order valence-electron chi connectivity index (χ2n) is 4.37. The number of carbonyl (C=O) groups excluding carboxylic acids is 1. The number of carboxylic acid groups (broad SMARTS) is 1. The molecule has 9 heteroatoms. The van der Waals surface area contributed by atoms with Crippen molar-refractivity contribution in [2.24, 2.45) is 0 Å². The molecule has 0 heterocycles. The first-order valence-corrected chi connectivity index (χ1v) is 6.83. The zero-order valence-corrected chi connectivity index (χ0v) is 12.8. The van der Waals surface area contributed by atoms with Crippen molar-refractivity contribution in [2.75, 3.05) is 5.32 Å². The Bertz CT molecular complexity index is 823. The van der Waals surface area contributed by atoms with Crippen molar-refractivity contribution in [2.45, 2.75) is 0 Å². The maximum Gasteiger partial charge on any atom is 0.338 e. The predicted octanol–water partition coefficient (Wildman–Crippen LogP) is 3.85. The Morgan fingerprint density at radius 3 is 2.35 bits per heavy atom. The Morgan fingerprint density at radius 1 is 1.09 bits per heavy atom. The number of amides is 1. The van der Waals surface area contributed by atoms with E-state index in [1.807, 2.05) is 0 Å². The average Bonchev–Trinajstić information content (AvgIpc) is 2.46. The molecule has 0 aliphatic heterocycles. The van der Waals surface area contributed by atoms with Crippen LogP contribution < -0.4 is 5.32 Å². The van der Waals surface area contributed by atoms with Crippen molar-refractivity contribution < 1.29 is 19.6 Å². The third-order valence-electron chi connectivity index (χ3n) is 2.87. The van der Waals surface area contributed by atoms with Gasteiger partial charge in [0, 0.05) is 17.2 Å². The Morgan fingerprint density at radius 2 is 1.78 bits per heavy atom. The van der Waals surface area contributed by atoms with Gasteiger partial charge in [-0.2, -0.15) is 0 Å². The molecule has 2 rings (SSSR count). The monoisotopic (exact) mass is 354 g/mol. The molecule has 0 saturated carbocycles. The molecule has 2 aromatic rings. The number of non-ortho nitro benzene ring substituents is 1. The SMILES string of the molecule is O=C(Nc1ccc([N+](=O)[O-])cc1C(=O)O)c1ccc(Cl)cc1Cl. The topological polar surface area (TPSA) is 110 Å². The Kier molecular flexibility index (Phi) is 4.83. The fourth-order valence-corrected chi connectivity index (χ4v) is 2.29. The summed E-state index contributed by atoms with van der Waals surface area (Å²) in [5.41, 5.74) is -0.799. The smallest absolute Gasteiger partial charge is 0.338 e. The number of anilines is 1. The van der Waals surface area contributed by atoms with Crippen LogP contribution in [0.1, 0.15) is 20.7 Å². The molecule has 0 bridgehead atoms. The molecule has 2 aromatic carbocycles. The van der Waals surface area contributed by atoms with Crippen molar-refractivity contribution >= 4 is 46.5 Å². The summed E-state index contributed by atoms with van der Waals surface area (Å²) < 4.78 is 0. The number of carboxylic acids is 1. The normalized spacial score (nSPS) is 10.2. The van der Waals surface area contributed by atoms with Crippen molar-refractivity contribution in [3.63, 3.8) is 0 Å². The number of benzene rings is 2. The number of nitrogens with zero attached hydrogens (tertiary/aromatic N) is 1. The minimum atomic E-state index is -1.41. The molecule has 2 N–H and O–H groups in total. The van der Waals surface area contributed by atoms with E-state index in [0.29, 0.717) is 5.02 Å². The standard InChI is InChI=1S/C14H8Cl2N2O5/c15-7-1-3-9(11(16)5-7)13(19)17-12-4-2-8(18(22)23)6-10(12)14(20)21/h1-6H,(H,17,19)(H,20,21). The first kappa shape index (κ1) is 16.7. The summed E-state index contributed by atoms with van der Waals surface area (Å²) in [7, 11) is 0. The average molecular weight is 355 g/mol. The minimum absolute atomic E-state index is 0.0842. The summed E-state index contributed by atoms with van der Waals surface area (Å²) >= 11 is 11.6. The number of halogens is 2. The summed E-state index contributed by atoms with van der Waals surface area (Å²) in [6.07, 6.45) is 0. The summed E-state index contributed by atoms with van der Waals surface area (Å²) in [6.45, 7) is 0. The first-order valence-electron chi connectivity index (χ1n) is 6.07. The number of rotatable bonds is 4. The van der Waals surface area contributed by atoms with Gasteiger partial charge in [0.15, 0.2) is 0 Å². The van der Waals surface area contributed by atoms with E-state index < -0.39 is 28.1 Å². The summed E-state index contributed by atoms with van der Waals surface area (Å²) in [4.78, 5) is 33.4.